The molecule has 0 radical (unpaired) electrons. The smallest absolute Gasteiger partial charge is 0.318 e. The molecule has 2 rings (SSSR count). The van der Waals surface area contributed by atoms with Crippen molar-refractivity contribution in [2.75, 3.05) is 17.7 Å². The summed E-state index contributed by atoms with van der Waals surface area (Å²) in [5.41, 5.74) is 4.29. The molecular formula is C17H21N3O. The fourth-order valence-electron chi connectivity index (χ4n) is 2.12. The molecule has 1 atom stereocenters. The summed E-state index contributed by atoms with van der Waals surface area (Å²) in [6, 6.07) is 16.1. The van der Waals surface area contributed by atoms with E-state index in [1.165, 1.54) is 11.1 Å². The van der Waals surface area contributed by atoms with Crippen LogP contribution >= 0.6 is 0 Å². The van der Waals surface area contributed by atoms with Crippen molar-refractivity contribution in [1.82, 2.24) is 5.32 Å². The third-order valence-electron chi connectivity index (χ3n) is 3.30. The first-order chi connectivity index (χ1) is 10.1. The van der Waals surface area contributed by atoms with Gasteiger partial charge in [-0.2, -0.15) is 0 Å². The second-order valence-corrected chi connectivity index (χ2v) is 5.06. The van der Waals surface area contributed by atoms with Gasteiger partial charge in [0.05, 0.1) is 0 Å². The van der Waals surface area contributed by atoms with Crippen molar-refractivity contribution >= 4 is 17.4 Å². The number of carbonyl (C=O) groups excluding carboxylic acids is 1. The molecule has 0 aliphatic rings. The van der Waals surface area contributed by atoms with Crippen molar-refractivity contribution < 1.29 is 4.79 Å². The zero-order valence-electron chi connectivity index (χ0n) is 12.6. The fourth-order valence-corrected chi connectivity index (χ4v) is 2.12. The largest absolute Gasteiger partial charge is 0.379 e. The monoisotopic (exact) mass is 283 g/mol. The Morgan fingerprint density at radius 3 is 2.33 bits per heavy atom. The van der Waals surface area contributed by atoms with Crippen LogP contribution in [0.2, 0.25) is 0 Å². The highest BCUT2D eigenvalue weighted by atomic mass is 16.2. The standard InChI is InChI=1S/C17H21N3O/c1-12-5-4-6-14(11-12)13(2)19-15-7-9-16(10-8-15)20-17(21)18-3/h4-11,13,19H,1-3H3,(H2,18,20,21). The molecule has 2 amide bonds. The molecule has 0 saturated heterocycles. The third kappa shape index (κ3) is 4.24. The van der Waals surface area contributed by atoms with Crippen LogP contribution in [0.3, 0.4) is 0 Å². The zero-order chi connectivity index (χ0) is 15.2. The van der Waals surface area contributed by atoms with Crippen LogP contribution in [0.15, 0.2) is 48.5 Å². The Hall–Kier alpha value is -2.49. The molecule has 0 aromatic heterocycles. The van der Waals surface area contributed by atoms with Crippen LogP contribution < -0.4 is 16.0 Å². The van der Waals surface area contributed by atoms with E-state index in [4.69, 9.17) is 0 Å². The molecule has 21 heavy (non-hydrogen) atoms. The van der Waals surface area contributed by atoms with Crippen LogP contribution in [0.25, 0.3) is 0 Å². The van der Waals surface area contributed by atoms with Crippen molar-refractivity contribution in [3.63, 3.8) is 0 Å². The number of rotatable bonds is 4. The molecule has 2 aromatic rings. The van der Waals surface area contributed by atoms with Gasteiger partial charge in [0, 0.05) is 24.5 Å². The normalized spacial score (nSPS) is 11.6. The maximum Gasteiger partial charge on any atom is 0.318 e. The summed E-state index contributed by atoms with van der Waals surface area (Å²) < 4.78 is 0. The summed E-state index contributed by atoms with van der Waals surface area (Å²) in [7, 11) is 1.59. The van der Waals surface area contributed by atoms with E-state index < -0.39 is 0 Å². The number of benzene rings is 2. The molecule has 110 valence electrons. The van der Waals surface area contributed by atoms with E-state index in [0.717, 1.165) is 11.4 Å². The van der Waals surface area contributed by atoms with Crippen molar-refractivity contribution in [3.8, 4) is 0 Å². The summed E-state index contributed by atoms with van der Waals surface area (Å²) in [5.74, 6) is 0. The van der Waals surface area contributed by atoms with Gasteiger partial charge in [-0.3, -0.25) is 0 Å². The Balaban J connectivity index is 2.01. The number of hydrogen-bond acceptors (Lipinski definition) is 2. The number of amides is 2. The first-order valence-electron chi connectivity index (χ1n) is 7.00. The van der Waals surface area contributed by atoms with Crippen molar-refractivity contribution in [1.29, 1.82) is 0 Å². The highest BCUT2D eigenvalue weighted by Crippen LogP contribution is 2.21. The number of urea groups is 1. The van der Waals surface area contributed by atoms with Crippen molar-refractivity contribution in [2.24, 2.45) is 0 Å². The molecule has 0 fully saturated rings. The number of anilines is 2. The maximum atomic E-state index is 11.2. The van der Waals surface area contributed by atoms with Crippen molar-refractivity contribution in [3.05, 3.63) is 59.7 Å². The summed E-state index contributed by atoms with van der Waals surface area (Å²) >= 11 is 0. The lowest BCUT2D eigenvalue weighted by molar-refractivity contribution is 0.254. The van der Waals surface area contributed by atoms with Crippen LogP contribution in [0.1, 0.15) is 24.1 Å². The van der Waals surface area contributed by atoms with E-state index >= 15 is 0 Å². The molecule has 0 aliphatic heterocycles. The molecular weight excluding hydrogens is 262 g/mol. The van der Waals surface area contributed by atoms with E-state index in [1.54, 1.807) is 7.05 Å². The van der Waals surface area contributed by atoms with Gasteiger partial charge >= 0.3 is 6.03 Å². The predicted molar refractivity (Wildman–Crippen MR) is 87.7 cm³/mol. The Labute approximate surface area is 125 Å². The molecule has 1 unspecified atom stereocenters. The average molecular weight is 283 g/mol. The molecule has 2 aromatic carbocycles. The number of carbonyl (C=O) groups is 1. The SMILES string of the molecule is CNC(=O)Nc1ccc(NC(C)c2cccc(C)c2)cc1. The Bertz CT molecular complexity index is 608. The Morgan fingerprint density at radius 2 is 1.71 bits per heavy atom. The summed E-state index contributed by atoms with van der Waals surface area (Å²) in [6.45, 7) is 4.22. The number of hydrogen-bond donors (Lipinski definition) is 3. The first kappa shape index (κ1) is 14.9. The lowest BCUT2D eigenvalue weighted by atomic mass is 10.1. The lowest BCUT2D eigenvalue weighted by Crippen LogP contribution is -2.24. The van der Waals surface area contributed by atoms with E-state index in [2.05, 4.69) is 54.1 Å². The van der Waals surface area contributed by atoms with Gasteiger partial charge in [-0.1, -0.05) is 29.8 Å². The third-order valence-corrected chi connectivity index (χ3v) is 3.30. The van der Waals surface area contributed by atoms with Gasteiger partial charge in [-0.05, 0) is 43.7 Å². The van der Waals surface area contributed by atoms with Crippen LogP contribution in [-0.2, 0) is 0 Å². The van der Waals surface area contributed by atoms with Crippen LogP contribution in [0.4, 0.5) is 16.2 Å². The van der Waals surface area contributed by atoms with Gasteiger partial charge < -0.3 is 16.0 Å². The Morgan fingerprint density at radius 1 is 1.05 bits per heavy atom. The molecule has 4 nitrogen and oxygen atoms in total. The van der Waals surface area contributed by atoms with Gasteiger partial charge in [-0.25, -0.2) is 4.79 Å². The van der Waals surface area contributed by atoms with Crippen LogP contribution in [-0.4, -0.2) is 13.1 Å². The molecule has 3 N–H and O–H groups in total. The highest BCUT2D eigenvalue weighted by Gasteiger charge is 2.05. The average Bonchev–Trinajstić information content (AvgIpc) is 2.49. The topological polar surface area (TPSA) is 53.2 Å². The van der Waals surface area contributed by atoms with E-state index in [9.17, 15) is 4.79 Å². The van der Waals surface area contributed by atoms with Crippen LogP contribution in [0.5, 0.6) is 0 Å². The Kier molecular flexibility index (Phi) is 4.82. The molecule has 0 spiro atoms. The van der Waals surface area contributed by atoms with E-state index in [-0.39, 0.29) is 12.1 Å². The zero-order valence-corrected chi connectivity index (χ0v) is 12.6. The molecule has 0 aliphatic carbocycles. The number of aryl methyl sites for hydroxylation is 1. The predicted octanol–water partition coefficient (Wildman–Crippen LogP) is 3.92. The maximum absolute atomic E-state index is 11.2. The summed E-state index contributed by atoms with van der Waals surface area (Å²) in [4.78, 5) is 11.2. The van der Waals surface area contributed by atoms with Gasteiger partial charge in [0.1, 0.15) is 0 Å². The minimum atomic E-state index is -0.219. The second kappa shape index (κ2) is 6.79. The van der Waals surface area contributed by atoms with Crippen LogP contribution in [0, 0.1) is 6.92 Å². The lowest BCUT2D eigenvalue weighted by Gasteiger charge is -2.16. The summed E-state index contributed by atoms with van der Waals surface area (Å²) in [5, 5.41) is 8.71. The minimum absolute atomic E-state index is 0.219. The second-order valence-electron chi connectivity index (χ2n) is 5.06. The summed E-state index contributed by atoms with van der Waals surface area (Å²) in [6.07, 6.45) is 0. The van der Waals surface area contributed by atoms with Gasteiger partial charge in [0.2, 0.25) is 0 Å². The number of nitrogens with one attached hydrogen (secondary N) is 3. The fraction of sp³-hybridized carbons (Fsp3) is 0.235. The van der Waals surface area contributed by atoms with Gasteiger partial charge in [0.25, 0.3) is 0 Å². The van der Waals surface area contributed by atoms with E-state index in [0.29, 0.717) is 0 Å². The molecule has 4 heteroatoms. The molecule has 0 heterocycles. The molecule has 0 saturated carbocycles. The van der Waals surface area contributed by atoms with Gasteiger partial charge in [-0.15, -0.1) is 0 Å². The molecule has 0 bridgehead atoms. The van der Waals surface area contributed by atoms with Crippen molar-refractivity contribution in [2.45, 2.75) is 19.9 Å². The first-order valence-corrected chi connectivity index (χ1v) is 7.00. The van der Waals surface area contributed by atoms with E-state index in [1.807, 2.05) is 24.3 Å². The highest BCUT2D eigenvalue weighted by molar-refractivity contribution is 5.89. The quantitative estimate of drug-likeness (QED) is 0.796. The van der Waals surface area contributed by atoms with Gasteiger partial charge in [0.15, 0.2) is 0 Å². The minimum Gasteiger partial charge on any atom is -0.379 e.